The van der Waals surface area contributed by atoms with Gasteiger partial charge in [0.05, 0.1) is 0 Å². The molecule has 0 saturated carbocycles. The first-order valence-electron chi connectivity index (χ1n) is 3.32. The lowest BCUT2D eigenvalue weighted by Gasteiger charge is -1.88. The third-order valence-corrected chi connectivity index (χ3v) is 2.41. The molecule has 2 aromatic heterocycles. The highest BCUT2D eigenvalue weighted by Crippen LogP contribution is 2.26. The third-order valence-electron chi connectivity index (χ3n) is 1.53. The molecule has 62 valence electrons. The molecule has 2 heterocycles. The maximum Gasteiger partial charge on any atom is 0.276 e. The largest absolute Gasteiger partial charge is 0.493 e. The summed E-state index contributed by atoms with van der Waals surface area (Å²) >= 11 is 1.41. The fourth-order valence-corrected chi connectivity index (χ4v) is 1.77. The Bertz CT molecular complexity index is 426. The molecule has 0 aliphatic rings. The number of aromatic hydroxyl groups is 1. The minimum atomic E-state index is -0.296. The number of aromatic amines is 2. The number of hydrogen-bond donors (Lipinski definition) is 3. The smallest absolute Gasteiger partial charge is 0.276 e. The number of hydrogen-bond acceptors (Lipinski definition) is 3. The van der Waals surface area contributed by atoms with Gasteiger partial charge in [-0.3, -0.25) is 15.0 Å². The quantitative estimate of drug-likeness (QED) is 0.619. The zero-order valence-corrected chi connectivity index (χ0v) is 6.81. The Kier molecular flexibility index (Phi) is 1.51. The van der Waals surface area contributed by atoms with E-state index in [4.69, 9.17) is 0 Å². The summed E-state index contributed by atoms with van der Waals surface area (Å²) in [6.07, 6.45) is 0. The minimum absolute atomic E-state index is 0.109. The maximum absolute atomic E-state index is 11.1. The van der Waals surface area contributed by atoms with Gasteiger partial charge in [0.25, 0.3) is 5.56 Å². The Labute approximate surface area is 71.5 Å². The van der Waals surface area contributed by atoms with E-state index in [9.17, 15) is 9.90 Å². The van der Waals surface area contributed by atoms with Gasteiger partial charge in [-0.2, -0.15) is 0 Å². The first-order valence-corrected chi connectivity index (χ1v) is 4.20. The Hall–Kier alpha value is -1.49. The topological polar surface area (TPSA) is 68.9 Å². The molecular weight excluding hydrogens is 176 g/mol. The molecule has 2 aromatic rings. The normalized spacial score (nSPS) is 10.3. The van der Waals surface area contributed by atoms with E-state index in [1.54, 1.807) is 6.07 Å². The summed E-state index contributed by atoms with van der Waals surface area (Å²) in [4.78, 5) is 11.9. The Morgan fingerprint density at radius 2 is 2.25 bits per heavy atom. The highest BCUT2D eigenvalue weighted by Gasteiger charge is 2.11. The predicted molar refractivity (Wildman–Crippen MR) is 46.4 cm³/mol. The predicted octanol–water partition coefficient (Wildman–Crippen LogP) is 1.14. The SMILES string of the molecule is O=c1[nH][nH]c(O)c1-c1cccs1. The van der Waals surface area contributed by atoms with Gasteiger partial charge in [0, 0.05) is 4.88 Å². The second-order valence-corrected chi connectivity index (χ2v) is 3.23. The lowest BCUT2D eigenvalue weighted by molar-refractivity contribution is 0.454. The lowest BCUT2D eigenvalue weighted by atomic mass is 10.3. The van der Waals surface area contributed by atoms with Gasteiger partial charge >= 0.3 is 0 Å². The molecule has 0 fully saturated rings. The van der Waals surface area contributed by atoms with Gasteiger partial charge < -0.3 is 5.11 Å². The Morgan fingerprint density at radius 3 is 2.75 bits per heavy atom. The second kappa shape index (κ2) is 2.53. The maximum atomic E-state index is 11.1. The zero-order chi connectivity index (χ0) is 8.55. The van der Waals surface area contributed by atoms with Gasteiger partial charge in [-0.15, -0.1) is 11.3 Å². The number of nitrogens with one attached hydrogen (secondary N) is 2. The van der Waals surface area contributed by atoms with Crippen molar-refractivity contribution in [3.8, 4) is 16.3 Å². The fraction of sp³-hybridized carbons (Fsp3) is 0. The summed E-state index contributed by atoms with van der Waals surface area (Å²) in [5, 5.41) is 15.7. The molecule has 5 heteroatoms. The van der Waals surface area contributed by atoms with E-state index >= 15 is 0 Å². The van der Waals surface area contributed by atoms with Gasteiger partial charge in [-0.1, -0.05) is 6.07 Å². The minimum Gasteiger partial charge on any atom is -0.493 e. The molecule has 0 saturated heterocycles. The van der Waals surface area contributed by atoms with Crippen molar-refractivity contribution in [2.24, 2.45) is 0 Å². The zero-order valence-electron chi connectivity index (χ0n) is 6.00. The number of H-pyrrole nitrogens is 2. The first kappa shape index (κ1) is 7.17. The molecule has 0 atom stereocenters. The van der Waals surface area contributed by atoms with Crippen LogP contribution in [0.25, 0.3) is 10.4 Å². The summed E-state index contributed by atoms with van der Waals surface area (Å²) in [7, 11) is 0. The molecule has 0 aromatic carbocycles. The van der Waals surface area contributed by atoms with E-state index in [0.717, 1.165) is 4.88 Å². The molecular formula is C7H6N2O2S. The highest BCUT2D eigenvalue weighted by atomic mass is 32.1. The van der Waals surface area contributed by atoms with Crippen LogP contribution < -0.4 is 5.56 Å². The van der Waals surface area contributed by atoms with Crippen molar-refractivity contribution in [3.63, 3.8) is 0 Å². The molecule has 0 aliphatic heterocycles. The Balaban J connectivity index is 2.68. The molecule has 0 unspecified atom stereocenters. The molecule has 0 spiro atoms. The van der Waals surface area contributed by atoms with Gasteiger partial charge in [-0.25, -0.2) is 0 Å². The number of rotatable bonds is 1. The average Bonchev–Trinajstić information content (AvgIpc) is 2.61. The standard InChI is InChI=1S/C7H6N2O2S/c10-6-5(7(11)9-8-6)4-2-1-3-12-4/h1-3H,(H3,8,9,10,11). The van der Waals surface area contributed by atoms with Gasteiger partial charge in [0.15, 0.2) is 0 Å². The van der Waals surface area contributed by atoms with E-state index in [-0.39, 0.29) is 11.4 Å². The van der Waals surface area contributed by atoms with Gasteiger partial charge in [-0.05, 0) is 11.4 Å². The van der Waals surface area contributed by atoms with Crippen LogP contribution in [-0.4, -0.2) is 15.3 Å². The number of aromatic nitrogens is 2. The average molecular weight is 182 g/mol. The summed E-state index contributed by atoms with van der Waals surface area (Å²) in [6, 6.07) is 3.61. The fourth-order valence-electron chi connectivity index (χ4n) is 0.998. The van der Waals surface area contributed by atoms with Crippen LogP contribution >= 0.6 is 11.3 Å². The lowest BCUT2D eigenvalue weighted by Crippen LogP contribution is -1.99. The molecule has 0 amide bonds. The highest BCUT2D eigenvalue weighted by molar-refractivity contribution is 7.13. The van der Waals surface area contributed by atoms with E-state index < -0.39 is 0 Å². The Morgan fingerprint density at radius 1 is 1.42 bits per heavy atom. The molecule has 12 heavy (non-hydrogen) atoms. The molecule has 3 N–H and O–H groups in total. The van der Waals surface area contributed by atoms with Crippen molar-refractivity contribution in [1.29, 1.82) is 0 Å². The van der Waals surface area contributed by atoms with Crippen molar-refractivity contribution in [3.05, 3.63) is 27.9 Å². The van der Waals surface area contributed by atoms with Crippen LogP contribution in [0.2, 0.25) is 0 Å². The van der Waals surface area contributed by atoms with Crippen LogP contribution in [-0.2, 0) is 0 Å². The third kappa shape index (κ3) is 0.947. The summed E-state index contributed by atoms with van der Waals surface area (Å²) in [6.45, 7) is 0. The van der Waals surface area contributed by atoms with Crippen molar-refractivity contribution in [2.75, 3.05) is 0 Å². The second-order valence-electron chi connectivity index (χ2n) is 2.28. The van der Waals surface area contributed by atoms with Crippen LogP contribution in [0, 0.1) is 0 Å². The van der Waals surface area contributed by atoms with Crippen molar-refractivity contribution < 1.29 is 5.11 Å². The summed E-state index contributed by atoms with van der Waals surface area (Å²) in [5.41, 5.74) is 0.0138. The summed E-state index contributed by atoms with van der Waals surface area (Å²) in [5.74, 6) is -0.109. The van der Waals surface area contributed by atoms with E-state index in [1.807, 2.05) is 11.4 Å². The first-order chi connectivity index (χ1) is 5.79. The van der Waals surface area contributed by atoms with Crippen LogP contribution in [0.15, 0.2) is 22.3 Å². The van der Waals surface area contributed by atoms with Gasteiger partial charge in [0.2, 0.25) is 5.88 Å². The van der Waals surface area contributed by atoms with Crippen molar-refractivity contribution in [2.45, 2.75) is 0 Å². The molecule has 0 aliphatic carbocycles. The van der Waals surface area contributed by atoms with Crippen molar-refractivity contribution >= 4 is 11.3 Å². The molecule has 0 radical (unpaired) electrons. The van der Waals surface area contributed by atoms with E-state index in [0.29, 0.717) is 5.56 Å². The summed E-state index contributed by atoms with van der Waals surface area (Å²) < 4.78 is 0. The van der Waals surface area contributed by atoms with Crippen LogP contribution in [0.4, 0.5) is 0 Å². The van der Waals surface area contributed by atoms with E-state index in [2.05, 4.69) is 10.2 Å². The van der Waals surface area contributed by atoms with Crippen LogP contribution in [0.3, 0.4) is 0 Å². The number of thiophene rings is 1. The monoisotopic (exact) mass is 182 g/mol. The molecule has 2 rings (SSSR count). The van der Waals surface area contributed by atoms with Gasteiger partial charge in [0.1, 0.15) is 5.56 Å². The molecule has 0 bridgehead atoms. The van der Waals surface area contributed by atoms with E-state index in [1.165, 1.54) is 11.3 Å². The molecule has 4 nitrogen and oxygen atoms in total. The van der Waals surface area contributed by atoms with Crippen molar-refractivity contribution in [1.82, 2.24) is 10.2 Å². The van der Waals surface area contributed by atoms with Crippen LogP contribution in [0.5, 0.6) is 5.88 Å². The van der Waals surface area contributed by atoms with Crippen LogP contribution in [0.1, 0.15) is 0 Å².